The average molecular weight is 402 g/mol. The van der Waals surface area contributed by atoms with Gasteiger partial charge < -0.3 is 5.32 Å². The standard InChI is InChI=1S/C24H26N4O2/c1-16-10-17(2)12-20(11-16)28-22(29)21-13-18(3)26-27(21)15-24(28,4)23(30)25-14-19-8-6-5-7-9-19/h5-13H,14-15H2,1-4H3,(H,25,30)/t24-/m0/s1. The van der Waals surface area contributed by atoms with Gasteiger partial charge >= 0.3 is 0 Å². The predicted octanol–water partition coefficient (Wildman–Crippen LogP) is 3.54. The van der Waals surface area contributed by atoms with Crippen LogP contribution in [0.3, 0.4) is 0 Å². The van der Waals surface area contributed by atoms with Gasteiger partial charge in [-0.2, -0.15) is 5.10 Å². The van der Waals surface area contributed by atoms with E-state index in [4.69, 9.17) is 0 Å². The van der Waals surface area contributed by atoms with Gasteiger partial charge in [-0.1, -0.05) is 36.4 Å². The van der Waals surface area contributed by atoms with E-state index >= 15 is 0 Å². The first-order valence-corrected chi connectivity index (χ1v) is 10.1. The second kappa shape index (κ2) is 7.44. The lowest BCUT2D eigenvalue weighted by molar-refractivity contribution is -0.126. The molecule has 1 atom stereocenters. The Morgan fingerprint density at radius 3 is 2.40 bits per heavy atom. The van der Waals surface area contributed by atoms with Gasteiger partial charge in [0.2, 0.25) is 5.91 Å². The fraction of sp³-hybridized carbons (Fsp3) is 0.292. The highest BCUT2D eigenvalue weighted by atomic mass is 16.2. The molecule has 6 nitrogen and oxygen atoms in total. The fourth-order valence-corrected chi connectivity index (χ4v) is 4.16. The Morgan fingerprint density at radius 1 is 1.07 bits per heavy atom. The maximum absolute atomic E-state index is 13.5. The molecule has 3 aromatic rings. The number of benzene rings is 2. The van der Waals surface area contributed by atoms with Crippen molar-refractivity contribution in [3.05, 3.63) is 82.7 Å². The molecule has 0 spiro atoms. The summed E-state index contributed by atoms with van der Waals surface area (Å²) >= 11 is 0. The summed E-state index contributed by atoms with van der Waals surface area (Å²) < 4.78 is 1.65. The Morgan fingerprint density at radius 2 is 1.73 bits per heavy atom. The van der Waals surface area contributed by atoms with Gasteiger partial charge in [0, 0.05) is 12.2 Å². The molecule has 0 aliphatic carbocycles. The molecule has 4 rings (SSSR count). The Bertz CT molecular complexity index is 1100. The van der Waals surface area contributed by atoms with Crippen molar-refractivity contribution in [2.24, 2.45) is 0 Å². The van der Waals surface area contributed by atoms with Crippen molar-refractivity contribution in [2.45, 2.75) is 46.3 Å². The fourth-order valence-electron chi connectivity index (χ4n) is 4.16. The molecule has 0 unspecified atom stereocenters. The molecule has 1 aliphatic rings. The summed E-state index contributed by atoms with van der Waals surface area (Å²) in [6.45, 7) is 8.33. The molecule has 0 bridgehead atoms. The van der Waals surface area contributed by atoms with Crippen molar-refractivity contribution < 1.29 is 9.59 Å². The Hall–Kier alpha value is -3.41. The van der Waals surface area contributed by atoms with Crippen molar-refractivity contribution in [1.82, 2.24) is 15.1 Å². The number of fused-ring (bicyclic) bond motifs is 1. The van der Waals surface area contributed by atoms with Crippen LogP contribution < -0.4 is 10.2 Å². The summed E-state index contributed by atoms with van der Waals surface area (Å²) in [5.41, 5.74) is 3.95. The van der Waals surface area contributed by atoms with Crippen LogP contribution in [0.1, 0.15) is 39.8 Å². The van der Waals surface area contributed by atoms with Crippen LogP contribution in [-0.4, -0.2) is 27.1 Å². The Kier molecular flexibility index (Phi) is 4.94. The maximum atomic E-state index is 13.5. The largest absolute Gasteiger partial charge is 0.350 e. The number of nitrogens with zero attached hydrogens (tertiary/aromatic N) is 3. The molecular weight excluding hydrogens is 376 g/mol. The lowest BCUT2D eigenvalue weighted by atomic mass is 9.93. The normalized spacial score (nSPS) is 18.3. The molecule has 1 aromatic heterocycles. The molecular formula is C24H26N4O2. The highest BCUT2D eigenvalue weighted by molar-refractivity contribution is 6.11. The molecule has 1 N–H and O–H groups in total. The van der Waals surface area contributed by atoms with Gasteiger partial charge in [-0.25, -0.2) is 0 Å². The van der Waals surface area contributed by atoms with Crippen LogP contribution in [0.5, 0.6) is 0 Å². The molecule has 6 heteroatoms. The van der Waals surface area contributed by atoms with E-state index in [2.05, 4.69) is 16.5 Å². The van der Waals surface area contributed by atoms with E-state index in [0.717, 1.165) is 28.1 Å². The summed E-state index contributed by atoms with van der Waals surface area (Å²) in [6.07, 6.45) is 0. The molecule has 154 valence electrons. The second-order valence-electron chi connectivity index (χ2n) is 8.26. The van der Waals surface area contributed by atoms with E-state index in [-0.39, 0.29) is 18.4 Å². The van der Waals surface area contributed by atoms with Gasteiger partial charge in [-0.3, -0.25) is 19.2 Å². The molecule has 2 aromatic carbocycles. The number of aryl methyl sites for hydroxylation is 3. The third kappa shape index (κ3) is 3.49. The molecule has 0 saturated carbocycles. The summed E-state index contributed by atoms with van der Waals surface area (Å²) in [4.78, 5) is 28.6. The van der Waals surface area contributed by atoms with Crippen molar-refractivity contribution in [3.63, 3.8) is 0 Å². The summed E-state index contributed by atoms with van der Waals surface area (Å²) in [5.74, 6) is -0.429. The molecule has 2 amide bonds. The quantitative estimate of drug-likeness (QED) is 0.726. The topological polar surface area (TPSA) is 67.2 Å². The highest BCUT2D eigenvalue weighted by Crippen LogP contribution is 2.34. The number of hydrogen-bond acceptors (Lipinski definition) is 3. The Balaban J connectivity index is 1.75. The number of amides is 2. The zero-order valence-electron chi connectivity index (χ0n) is 17.8. The lowest BCUT2D eigenvalue weighted by Gasteiger charge is -2.43. The van der Waals surface area contributed by atoms with E-state index in [0.29, 0.717) is 12.2 Å². The number of carbonyl (C=O) groups excluding carboxylic acids is 2. The smallest absolute Gasteiger partial charge is 0.277 e. The van der Waals surface area contributed by atoms with Crippen molar-refractivity contribution in [3.8, 4) is 0 Å². The summed E-state index contributed by atoms with van der Waals surface area (Å²) in [5, 5.41) is 7.47. The van der Waals surface area contributed by atoms with E-state index in [9.17, 15) is 9.59 Å². The van der Waals surface area contributed by atoms with Crippen molar-refractivity contribution >= 4 is 17.5 Å². The van der Waals surface area contributed by atoms with Crippen LogP contribution >= 0.6 is 0 Å². The Labute approximate surface area is 176 Å². The zero-order chi connectivity index (χ0) is 21.5. The van der Waals surface area contributed by atoms with Crippen LogP contribution in [0.25, 0.3) is 0 Å². The number of hydrogen-bond donors (Lipinski definition) is 1. The van der Waals surface area contributed by atoms with Gasteiger partial charge in [0.15, 0.2) is 0 Å². The van der Waals surface area contributed by atoms with Gasteiger partial charge in [0.1, 0.15) is 11.2 Å². The van der Waals surface area contributed by atoms with E-state index in [1.165, 1.54) is 0 Å². The number of carbonyl (C=O) groups is 2. The second-order valence-corrected chi connectivity index (χ2v) is 8.26. The first kappa shape index (κ1) is 19.9. The van der Waals surface area contributed by atoms with Crippen LogP contribution in [0.2, 0.25) is 0 Å². The third-order valence-corrected chi connectivity index (χ3v) is 5.53. The molecule has 30 heavy (non-hydrogen) atoms. The van der Waals surface area contributed by atoms with Gasteiger partial charge in [0.25, 0.3) is 5.91 Å². The SMILES string of the molecule is Cc1cc(C)cc(N2C(=O)c3cc(C)nn3C[C@@]2(C)C(=O)NCc2ccccc2)c1. The van der Waals surface area contributed by atoms with E-state index in [1.54, 1.807) is 15.6 Å². The lowest BCUT2D eigenvalue weighted by Crippen LogP contribution is -2.64. The number of nitrogens with one attached hydrogen (secondary N) is 1. The first-order chi connectivity index (χ1) is 14.3. The van der Waals surface area contributed by atoms with E-state index in [1.807, 2.05) is 70.2 Å². The average Bonchev–Trinajstić information content (AvgIpc) is 3.06. The van der Waals surface area contributed by atoms with Gasteiger partial charge in [-0.05, 0) is 62.6 Å². The molecule has 2 heterocycles. The van der Waals surface area contributed by atoms with E-state index < -0.39 is 5.54 Å². The number of rotatable bonds is 4. The van der Waals surface area contributed by atoms with Gasteiger partial charge in [-0.15, -0.1) is 0 Å². The number of anilines is 1. The van der Waals surface area contributed by atoms with Crippen LogP contribution in [0, 0.1) is 20.8 Å². The van der Waals surface area contributed by atoms with Crippen molar-refractivity contribution in [2.75, 3.05) is 4.90 Å². The number of aromatic nitrogens is 2. The monoisotopic (exact) mass is 402 g/mol. The minimum absolute atomic E-state index is 0.210. The molecule has 0 fully saturated rings. The minimum Gasteiger partial charge on any atom is -0.350 e. The zero-order valence-corrected chi connectivity index (χ0v) is 17.8. The highest BCUT2D eigenvalue weighted by Gasteiger charge is 2.48. The first-order valence-electron chi connectivity index (χ1n) is 10.1. The van der Waals surface area contributed by atoms with Gasteiger partial charge in [0.05, 0.1) is 12.2 Å². The minimum atomic E-state index is -1.11. The molecule has 0 saturated heterocycles. The van der Waals surface area contributed by atoms with Crippen LogP contribution in [0.4, 0.5) is 5.69 Å². The summed E-state index contributed by atoms with van der Waals surface area (Å²) in [7, 11) is 0. The van der Waals surface area contributed by atoms with Crippen LogP contribution in [0.15, 0.2) is 54.6 Å². The maximum Gasteiger partial charge on any atom is 0.277 e. The molecule has 1 aliphatic heterocycles. The molecule has 0 radical (unpaired) electrons. The van der Waals surface area contributed by atoms with Crippen molar-refractivity contribution in [1.29, 1.82) is 0 Å². The summed E-state index contributed by atoms with van der Waals surface area (Å²) in [6, 6.07) is 17.5. The van der Waals surface area contributed by atoms with Crippen LogP contribution in [-0.2, 0) is 17.9 Å². The predicted molar refractivity (Wildman–Crippen MR) is 116 cm³/mol. The third-order valence-electron chi connectivity index (χ3n) is 5.53.